The van der Waals surface area contributed by atoms with E-state index in [-0.39, 0.29) is 6.07 Å². The number of rotatable bonds is 5. The minimum Gasteiger partial charge on any atom is -0.448 e. The Bertz CT molecular complexity index is 470. The van der Waals surface area contributed by atoms with Crippen LogP contribution in [0.4, 0.5) is 4.79 Å². The Kier molecular flexibility index (Phi) is 6.49. The number of benzene rings is 1. The fourth-order valence-corrected chi connectivity index (χ4v) is 1.75. The molecular formula is C15H20ClNO4. The van der Waals surface area contributed by atoms with Crippen molar-refractivity contribution in [1.29, 1.82) is 0 Å². The number of nitrogens with one attached hydrogen (secondary N) is 1. The van der Waals surface area contributed by atoms with Crippen molar-refractivity contribution in [2.45, 2.75) is 38.8 Å². The van der Waals surface area contributed by atoms with Crippen molar-refractivity contribution in [2.75, 3.05) is 6.07 Å². The molecule has 0 fully saturated rings. The van der Waals surface area contributed by atoms with E-state index < -0.39 is 23.7 Å². The molecule has 1 rings (SSSR count). The van der Waals surface area contributed by atoms with Gasteiger partial charge in [-0.2, -0.15) is 0 Å². The zero-order valence-corrected chi connectivity index (χ0v) is 13.1. The Morgan fingerprint density at radius 1 is 1.24 bits per heavy atom. The number of amides is 1. The number of carbonyl (C=O) groups excluding carboxylic acids is 2. The summed E-state index contributed by atoms with van der Waals surface area (Å²) >= 11 is 5.40. The lowest BCUT2D eigenvalue weighted by Gasteiger charge is -2.22. The molecule has 0 saturated carbocycles. The lowest BCUT2D eigenvalue weighted by Crippen LogP contribution is -2.45. The van der Waals surface area contributed by atoms with Crippen LogP contribution in [-0.2, 0) is 20.7 Å². The molecular weight excluding hydrogens is 294 g/mol. The quantitative estimate of drug-likeness (QED) is 0.670. The molecule has 0 aromatic heterocycles. The monoisotopic (exact) mass is 313 g/mol. The van der Waals surface area contributed by atoms with Gasteiger partial charge in [0.1, 0.15) is 11.6 Å². The van der Waals surface area contributed by atoms with Crippen LogP contribution in [0.25, 0.3) is 0 Å². The molecule has 0 aliphatic heterocycles. The number of ether oxygens (including phenoxy) is 2. The maximum atomic E-state index is 11.9. The van der Waals surface area contributed by atoms with E-state index in [2.05, 4.69) is 5.32 Å². The summed E-state index contributed by atoms with van der Waals surface area (Å²) in [5.41, 5.74) is 0.252. The van der Waals surface area contributed by atoms with Crippen LogP contribution in [0.15, 0.2) is 30.3 Å². The van der Waals surface area contributed by atoms with Crippen molar-refractivity contribution in [3.63, 3.8) is 0 Å². The minimum absolute atomic E-state index is 0.264. The molecule has 1 N–H and O–H groups in total. The molecule has 0 spiro atoms. The summed E-state index contributed by atoms with van der Waals surface area (Å²) in [6.45, 7) is 5.24. The van der Waals surface area contributed by atoms with Crippen molar-refractivity contribution in [3.8, 4) is 0 Å². The van der Waals surface area contributed by atoms with Crippen molar-refractivity contribution in [1.82, 2.24) is 5.32 Å². The summed E-state index contributed by atoms with van der Waals surface area (Å²) in [6, 6.07) is 8.19. The van der Waals surface area contributed by atoms with E-state index in [1.807, 2.05) is 30.3 Å². The molecule has 0 radical (unpaired) electrons. The highest BCUT2D eigenvalue weighted by molar-refractivity contribution is 6.17. The van der Waals surface area contributed by atoms with Gasteiger partial charge in [-0.25, -0.2) is 9.59 Å². The molecule has 5 nitrogen and oxygen atoms in total. The number of hydrogen-bond acceptors (Lipinski definition) is 4. The van der Waals surface area contributed by atoms with Crippen LogP contribution in [0.2, 0.25) is 0 Å². The van der Waals surface area contributed by atoms with E-state index in [9.17, 15) is 9.59 Å². The Hall–Kier alpha value is -1.75. The van der Waals surface area contributed by atoms with Crippen LogP contribution >= 0.6 is 11.6 Å². The third-order valence-electron chi connectivity index (χ3n) is 2.45. The fraction of sp³-hybridized carbons (Fsp3) is 0.467. The van der Waals surface area contributed by atoms with E-state index in [0.29, 0.717) is 6.42 Å². The first-order valence-corrected chi connectivity index (χ1v) is 7.11. The van der Waals surface area contributed by atoms with Gasteiger partial charge in [-0.1, -0.05) is 41.9 Å². The number of alkyl carbamates (subject to hydrolysis) is 1. The number of halogens is 1. The highest BCUT2D eigenvalue weighted by Crippen LogP contribution is 2.09. The van der Waals surface area contributed by atoms with Gasteiger partial charge in [0.05, 0.1) is 0 Å². The largest absolute Gasteiger partial charge is 0.448 e. The molecule has 6 heteroatoms. The Morgan fingerprint density at radius 3 is 2.38 bits per heavy atom. The molecule has 1 amide bonds. The molecule has 0 aliphatic rings. The van der Waals surface area contributed by atoms with Crippen molar-refractivity contribution < 1.29 is 19.1 Å². The van der Waals surface area contributed by atoms with E-state index in [1.165, 1.54) is 0 Å². The third-order valence-corrected chi connectivity index (χ3v) is 2.56. The predicted octanol–water partition coefficient (Wildman–Crippen LogP) is 2.86. The van der Waals surface area contributed by atoms with Crippen LogP contribution in [0.5, 0.6) is 0 Å². The first-order valence-electron chi connectivity index (χ1n) is 6.58. The van der Waals surface area contributed by atoms with Crippen LogP contribution in [-0.4, -0.2) is 29.8 Å². The van der Waals surface area contributed by atoms with Crippen molar-refractivity contribution >= 4 is 23.7 Å². The summed E-state index contributed by atoms with van der Waals surface area (Å²) in [6.07, 6.45) is -0.370. The third kappa shape index (κ3) is 6.99. The second-order valence-electron chi connectivity index (χ2n) is 5.46. The van der Waals surface area contributed by atoms with Gasteiger partial charge in [0.25, 0.3) is 0 Å². The smallest absolute Gasteiger partial charge is 0.408 e. The maximum Gasteiger partial charge on any atom is 0.408 e. The molecule has 0 heterocycles. The van der Waals surface area contributed by atoms with E-state index >= 15 is 0 Å². The normalized spacial score (nSPS) is 12.4. The molecule has 21 heavy (non-hydrogen) atoms. The summed E-state index contributed by atoms with van der Waals surface area (Å²) in [5.74, 6) is -0.597. The number of esters is 1. The predicted molar refractivity (Wildman–Crippen MR) is 80.1 cm³/mol. The first-order chi connectivity index (χ1) is 9.81. The van der Waals surface area contributed by atoms with Gasteiger partial charge < -0.3 is 14.8 Å². The number of carbonyl (C=O) groups is 2. The van der Waals surface area contributed by atoms with Gasteiger partial charge >= 0.3 is 12.1 Å². The Balaban J connectivity index is 2.73. The van der Waals surface area contributed by atoms with Crippen LogP contribution in [0.1, 0.15) is 26.3 Å². The van der Waals surface area contributed by atoms with Gasteiger partial charge in [-0.15, -0.1) is 0 Å². The highest BCUT2D eigenvalue weighted by Gasteiger charge is 2.25. The van der Waals surface area contributed by atoms with Crippen LogP contribution in [0.3, 0.4) is 0 Å². The lowest BCUT2D eigenvalue weighted by atomic mass is 10.1. The zero-order chi connectivity index (χ0) is 15.9. The van der Waals surface area contributed by atoms with E-state index in [1.54, 1.807) is 20.8 Å². The topological polar surface area (TPSA) is 64.6 Å². The van der Waals surface area contributed by atoms with Gasteiger partial charge in [0.2, 0.25) is 0 Å². The second-order valence-corrected chi connectivity index (χ2v) is 5.68. The van der Waals surface area contributed by atoms with Crippen LogP contribution in [0, 0.1) is 0 Å². The first kappa shape index (κ1) is 17.3. The molecule has 0 saturated heterocycles. The van der Waals surface area contributed by atoms with Gasteiger partial charge in [-0.3, -0.25) is 0 Å². The number of hydrogen-bond donors (Lipinski definition) is 1. The minimum atomic E-state index is -0.846. The van der Waals surface area contributed by atoms with Gasteiger partial charge in [0.15, 0.2) is 6.07 Å². The summed E-state index contributed by atoms with van der Waals surface area (Å²) < 4.78 is 9.91. The Morgan fingerprint density at radius 2 is 1.86 bits per heavy atom. The molecule has 0 bridgehead atoms. The lowest BCUT2D eigenvalue weighted by molar-refractivity contribution is -0.144. The molecule has 1 aromatic rings. The summed E-state index contributed by atoms with van der Waals surface area (Å²) in [4.78, 5) is 23.7. The summed E-state index contributed by atoms with van der Waals surface area (Å²) in [7, 11) is 0. The molecule has 1 aromatic carbocycles. The summed E-state index contributed by atoms with van der Waals surface area (Å²) in [5, 5.41) is 2.51. The maximum absolute atomic E-state index is 11.9. The van der Waals surface area contributed by atoms with Crippen molar-refractivity contribution in [2.24, 2.45) is 0 Å². The van der Waals surface area contributed by atoms with Gasteiger partial charge in [0, 0.05) is 6.42 Å². The SMILES string of the molecule is CC(C)(C)OC(=O)NC(Cc1ccccc1)C(=O)OCCl. The standard InChI is InChI=1S/C15H20ClNO4/c1-15(2,3)21-14(19)17-12(13(18)20-10-16)9-11-7-5-4-6-8-11/h4-8,12H,9-10H2,1-3H3,(H,17,19). The average molecular weight is 314 g/mol. The molecule has 116 valence electrons. The number of alkyl halides is 1. The second kappa shape index (κ2) is 7.88. The van der Waals surface area contributed by atoms with Crippen LogP contribution < -0.4 is 5.32 Å². The highest BCUT2D eigenvalue weighted by atomic mass is 35.5. The zero-order valence-electron chi connectivity index (χ0n) is 12.4. The molecule has 1 unspecified atom stereocenters. The van der Waals surface area contributed by atoms with Crippen molar-refractivity contribution in [3.05, 3.63) is 35.9 Å². The van der Waals surface area contributed by atoms with E-state index in [4.69, 9.17) is 21.1 Å². The molecule has 0 aliphatic carbocycles. The average Bonchev–Trinajstić information content (AvgIpc) is 2.37. The Labute approximate surface area is 129 Å². The fourth-order valence-electron chi connectivity index (χ4n) is 1.65. The van der Waals surface area contributed by atoms with Gasteiger partial charge in [-0.05, 0) is 26.3 Å². The van der Waals surface area contributed by atoms with E-state index in [0.717, 1.165) is 5.56 Å². The molecule has 1 atom stereocenters.